The molecule has 0 aliphatic carbocycles. The van der Waals surface area contributed by atoms with E-state index in [1.807, 2.05) is 6.92 Å². The van der Waals surface area contributed by atoms with E-state index in [9.17, 15) is 13.2 Å². The van der Waals surface area contributed by atoms with E-state index in [-0.39, 0.29) is 19.1 Å². The maximum absolute atomic E-state index is 11.9. The average molecular weight is 269 g/mol. The van der Waals surface area contributed by atoms with Crippen LogP contribution in [-0.4, -0.2) is 32.0 Å². The largest absolute Gasteiger partial charge is 0.389 e. The number of nitrogens with one attached hydrogen (secondary N) is 1. The lowest BCUT2D eigenvalue weighted by molar-refractivity contribution is -0.138. The van der Waals surface area contributed by atoms with Gasteiger partial charge < -0.3 is 10.1 Å². The van der Waals surface area contributed by atoms with E-state index in [4.69, 9.17) is 4.74 Å². The first-order chi connectivity index (χ1) is 8.31. The number of hydrogen-bond donors (Lipinski definition) is 1. The van der Waals surface area contributed by atoms with Gasteiger partial charge in [0.15, 0.2) is 0 Å². The van der Waals surface area contributed by atoms with E-state index < -0.39 is 12.6 Å². The van der Waals surface area contributed by atoms with Gasteiger partial charge in [0.25, 0.3) is 0 Å². The highest BCUT2D eigenvalue weighted by atomic mass is 19.4. The average Bonchev–Trinajstić information content (AvgIpc) is 2.22. The van der Waals surface area contributed by atoms with E-state index in [1.165, 1.54) is 0 Å². The molecule has 0 spiro atoms. The Labute approximate surface area is 108 Å². The summed E-state index contributed by atoms with van der Waals surface area (Å²) in [6, 6.07) is 0. The molecule has 0 bridgehead atoms. The van der Waals surface area contributed by atoms with Crippen LogP contribution in [0.4, 0.5) is 13.2 Å². The molecule has 1 atom stereocenters. The molecule has 1 N–H and O–H groups in total. The number of rotatable bonds is 10. The lowest BCUT2D eigenvalue weighted by Crippen LogP contribution is -2.22. The highest BCUT2D eigenvalue weighted by Crippen LogP contribution is 2.21. The maximum atomic E-state index is 11.9. The molecule has 0 saturated carbocycles. The quantitative estimate of drug-likeness (QED) is 0.610. The molecule has 0 fully saturated rings. The van der Waals surface area contributed by atoms with Gasteiger partial charge >= 0.3 is 6.18 Å². The van der Waals surface area contributed by atoms with Crippen LogP contribution >= 0.6 is 0 Å². The lowest BCUT2D eigenvalue weighted by Gasteiger charge is -2.14. The van der Waals surface area contributed by atoms with Gasteiger partial charge in [-0.05, 0) is 45.2 Å². The minimum absolute atomic E-state index is 0.0408. The van der Waals surface area contributed by atoms with Gasteiger partial charge in [0.2, 0.25) is 0 Å². The molecule has 110 valence electrons. The molecule has 0 saturated heterocycles. The van der Waals surface area contributed by atoms with Gasteiger partial charge in [0.1, 0.15) is 0 Å². The summed E-state index contributed by atoms with van der Waals surface area (Å²) in [7, 11) is 0. The standard InChI is InChI=1S/C13H26F3NO/c1-11(2)10-17-8-4-6-12(3)18-9-5-7-13(14,15)16/h11-12,17H,4-10H2,1-3H3. The van der Waals surface area contributed by atoms with E-state index >= 15 is 0 Å². The van der Waals surface area contributed by atoms with Gasteiger partial charge in [-0.1, -0.05) is 13.8 Å². The van der Waals surface area contributed by atoms with Crippen molar-refractivity contribution < 1.29 is 17.9 Å². The molecule has 0 aromatic heterocycles. The Bertz CT molecular complexity index is 195. The monoisotopic (exact) mass is 269 g/mol. The zero-order valence-corrected chi connectivity index (χ0v) is 11.6. The predicted molar refractivity (Wildman–Crippen MR) is 67.6 cm³/mol. The van der Waals surface area contributed by atoms with Crippen molar-refractivity contribution in [1.29, 1.82) is 0 Å². The second-order valence-electron chi connectivity index (χ2n) is 5.14. The molecule has 1 unspecified atom stereocenters. The van der Waals surface area contributed by atoms with E-state index in [1.54, 1.807) is 0 Å². The summed E-state index contributed by atoms with van der Waals surface area (Å²) in [6.07, 6.45) is -2.84. The summed E-state index contributed by atoms with van der Waals surface area (Å²) in [4.78, 5) is 0. The number of hydrogen-bond acceptors (Lipinski definition) is 2. The first-order valence-corrected chi connectivity index (χ1v) is 6.70. The molecule has 0 aromatic rings. The Hall–Kier alpha value is -0.290. The Balaban J connectivity index is 3.30. The van der Waals surface area contributed by atoms with Crippen molar-refractivity contribution in [1.82, 2.24) is 5.32 Å². The second-order valence-corrected chi connectivity index (χ2v) is 5.14. The third-order valence-corrected chi connectivity index (χ3v) is 2.52. The molecular formula is C13H26F3NO. The molecule has 18 heavy (non-hydrogen) atoms. The summed E-state index contributed by atoms with van der Waals surface area (Å²) >= 11 is 0. The molecule has 0 amide bonds. The van der Waals surface area contributed by atoms with Crippen LogP contribution in [0.15, 0.2) is 0 Å². The number of alkyl halides is 3. The molecule has 0 aromatic carbocycles. The van der Waals surface area contributed by atoms with E-state index in [0.29, 0.717) is 5.92 Å². The summed E-state index contributed by atoms with van der Waals surface area (Å²) in [5, 5.41) is 3.32. The zero-order valence-electron chi connectivity index (χ0n) is 11.6. The highest BCUT2D eigenvalue weighted by molar-refractivity contribution is 4.56. The van der Waals surface area contributed by atoms with Crippen molar-refractivity contribution in [3.8, 4) is 0 Å². The first-order valence-electron chi connectivity index (χ1n) is 6.70. The molecule has 0 radical (unpaired) electrons. The maximum Gasteiger partial charge on any atom is 0.389 e. The summed E-state index contributed by atoms with van der Waals surface area (Å²) in [6.45, 7) is 8.35. The number of ether oxygens (including phenoxy) is 1. The molecule has 0 aliphatic rings. The van der Waals surface area contributed by atoms with Gasteiger partial charge in [0, 0.05) is 13.0 Å². The topological polar surface area (TPSA) is 21.3 Å². The summed E-state index contributed by atoms with van der Waals surface area (Å²) in [5.41, 5.74) is 0. The molecule has 0 aliphatic heterocycles. The molecule has 0 heterocycles. The van der Waals surface area contributed by atoms with Crippen LogP contribution in [0.2, 0.25) is 0 Å². The van der Waals surface area contributed by atoms with Crippen LogP contribution in [-0.2, 0) is 4.74 Å². The van der Waals surface area contributed by atoms with Crippen molar-refractivity contribution >= 4 is 0 Å². The van der Waals surface area contributed by atoms with Crippen LogP contribution < -0.4 is 5.32 Å². The summed E-state index contributed by atoms with van der Waals surface area (Å²) < 4.78 is 40.9. The Kier molecular flexibility index (Phi) is 9.46. The number of halogens is 3. The molecule has 2 nitrogen and oxygen atoms in total. The Morgan fingerprint density at radius 2 is 1.78 bits per heavy atom. The van der Waals surface area contributed by atoms with Crippen LogP contribution in [0.3, 0.4) is 0 Å². The van der Waals surface area contributed by atoms with Gasteiger partial charge in [-0.3, -0.25) is 0 Å². The molecular weight excluding hydrogens is 243 g/mol. The van der Waals surface area contributed by atoms with Crippen molar-refractivity contribution in [2.75, 3.05) is 19.7 Å². The highest BCUT2D eigenvalue weighted by Gasteiger charge is 2.26. The fraction of sp³-hybridized carbons (Fsp3) is 1.00. The Morgan fingerprint density at radius 3 is 2.33 bits per heavy atom. The fourth-order valence-corrected chi connectivity index (χ4v) is 1.55. The van der Waals surface area contributed by atoms with Crippen molar-refractivity contribution in [2.45, 2.75) is 58.7 Å². The van der Waals surface area contributed by atoms with Gasteiger partial charge in [0.05, 0.1) is 6.10 Å². The van der Waals surface area contributed by atoms with Crippen LogP contribution in [0.25, 0.3) is 0 Å². The van der Waals surface area contributed by atoms with E-state index in [0.717, 1.165) is 25.9 Å². The fourth-order valence-electron chi connectivity index (χ4n) is 1.55. The van der Waals surface area contributed by atoms with Crippen molar-refractivity contribution in [2.24, 2.45) is 5.92 Å². The van der Waals surface area contributed by atoms with Crippen molar-refractivity contribution in [3.05, 3.63) is 0 Å². The minimum Gasteiger partial charge on any atom is -0.379 e. The van der Waals surface area contributed by atoms with Crippen LogP contribution in [0, 0.1) is 5.92 Å². The Morgan fingerprint density at radius 1 is 1.11 bits per heavy atom. The van der Waals surface area contributed by atoms with Crippen molar-refractivity contribution in [3.63, 3.8) is 0 Å². The third-order valence-electron chi connectivity index (χ3n) is 2.52. The zero-order chi connectivity index (χ0) is 14.0. The van der Waals surface area contributed by atoms with E-state index in [2.05, 4.69) is 19.2 Å². The molecule has 0 rings (SSSR count). The van der Waals surface area contributed by atoms with Crippen LogP contribution in [0.1, 0.15) is 46.5 Å². The smallest absolute Gasteiger partial charge is 0.379 e. The normalized spacial score (nSPS) is 14.2. The first kappa shape index (κ1) is 17.7. The molecule has 5 heteroatoms. The third kappa shape index (κ3) is 13.8. The van der Waals surface area contributed by atoms with Crippen LogP contribution in [0.5, 0.6) is 0 Å². The predicted octanol–water partition coefficient (Wildman–Crippen LogP) is 3.76. The summed E-state index contributed by atoms with van der Waals surface area (Å²) in [5.74, 6) is 0.640. The second kappa shape index (κ2) is 9.62. The SMILES string of the molecule is CC(C)CNCCCC(C)OCCCC(F)(F)F. The van der Waals surface area contributed by atoms with Gasteiger partial charge in [-0.25, -0.2) is 0 Å². The minimum atomic E-state index is -4.06. The van der Waals surface area contributed by atoms with Gasteiger partial charge in [-0.15, -0.1) is 0 Å². The lowest BCUT2D eigenvalue weighted by atomic mass is 10.2. The van der Waals surface area contributed by atoms with Gasteiger partial charge in [-0.2, -0.15) is 13.2 Å².